The van der Waals surface area contributed by atoms with Crippen molar-refractivity contribution in [1.29, 1.82) is 0 Å². The molecule has 2 saturated heterocycles. The molecule has 1 N–H and O–H groups in total. The summed E-state index contributed by atoms with van der Waals surface area (Å²) in [5, 5.41) is 3.23. The van der Waals surface area contributed by atoms with Gasteiger partial charge >= 0.3 is 6.03 Å². The Labute approximate surface area is 115 Å². The number of urea groups is 1. The third-order valence-corrected chi connectivity index (χ3v) is 5.05. The van der Waals surface area contributed by atoms with Gasteiger partial charge in [0.1, 0.15) is 0 Å². The van der Waals surface area contributed by atoms with Crippen LogP contribution in [0.25, 0.3) is 0 Å². The van der Waals surface area contributed by atoms with Gasteiger partial charge in [-0.25, -0.2) is 4.79 Å². The minimum atomic E-state index is 0.149. The van der Waals surface area contributed by atoms with Gasteiger partial charge in [0.2, 0.25) is 0 Å². The molecular weight excluding hydrogens is 240 g/mol. The van der Waals surface area contributed by atoms with Crippen LogP contribution in [0.1, 0.15) is 45.4 Å². The zero-order chi connectivity index (χ0) is 13.3. The molecule has 2 atom stereocenters. The number of hydrogen-bond acceptors (Lipinski definition) is 2. The van der Waals surface area contributed by atoms with E-state index in [1.165, 1.54) is 19.3 Å². The minimum Gasteiger partial charge on any atom is -0.381 e. The lowest BCUT2D eigenvalue weighted by Gasteiger charge is -2.25. The number of ether oxygens (including phenoxy) is 1. The molecule has 1 saturated carbocycles. The fourth-order valence-corrected chi connectivity index (χ4v) is 3.43. The zero-order valence-electron chi connectivity index (χ0n) is 12.0. The maximum atomic E-state index is 12.3. The summed E-state index contributed by atoms with van der Waals surface area (Å²) in [4.78, 5) is 14.3. The fraction of sp³-hybridized carbons (Fsp3) is 0.933. The standard InChI is InChI=1S/C15H26N2O2/c1-2-13(9-12-3-4-12)16-14(18)17-7-5-15(10-17)6-8-19-11-15/h12-13H,2-11H2,1H3,(H,16,18). The van der Waals surface area contributed by atoms with E-state index in [0.717, 1.165) is 51.5 Å². The molecule has 2 aliphatic heterocycles. The monoisotopic (exact) mass is 266 g/mol. The summed E-state index contributed by atoms with van der Waals surface area (Å²) in [5.41, 5.74) is 0.273. The summed E-state index contributed by atoms with van der Waals surface area (Å²) < 4.78 is 5.52. The van der Waals surface area contributed by atoms with Crippen LogP contribution in [0.2, 0.25) is 0 Å². The summed E-state index contributed by atoms with van der Waals surface area (Å²) in [6, 6.07) is 0.521. The van der Waals surface area contributed by atoms with Crippen molar-refractivity contribution in [2.75, 3.05) is 26.3 Å². The van der Waals surface area contributed by atoms with E-state index in [2.05, 4.69) is 12.2 Å². The van der Waals surface area contributed by atoms with Gasteiger partial charge in [0.25, 0.3) is 0 Å². The number of hydrogen-bond donors (Lipinski definition) is 1. The molecule has 0 aromatic heterocycles. The van der Waals surface area contributed by atoms with Crippen molar-refractivity contribution < 1.29 is 9.53 Å². The summed E-state index contributed by atoms with van der Waals surface area (Å²) in [5.74, 6) is 0.874. The Morgan fingerprint density at radius 2 is 2.32 bits per heavy atom. The second-order valence-corrected chi connectivity index (χ2v) is 6.71. The highest BCUT2D eigenvalue weighted by Crippen LogP contribution is 2.38. The van der Waals surface area contributed by atoms with Crippen LogP contribution in [0.3, 0.4) is 0 Å². The van der Waals surface area contributed by atoms with Crippen LogP contribution in [0.15, 0.2) is 0 Å². The Kier molecular flexibility index (Phi) is 3.70. The predicted octanol–water partition coefficient (Wildman–Crippen LogP) is 2.39. The van der Waals surface area contributed by atoms with E-state index >= 15 is 0 Å². The molecule has 0 aromatic rings. The first-order chi connectivity index (χ1) is 9.21. The van der Waals surface area contributed by atoms with E-state index in [1.807, 2.05) is 4.90 Å². The number of nitrogens with zero attached hydrogens (tertiary/aromatic N) is 1. The van der Waals surface area contributed by atoms with Crippen LogP contribution >= 0.6 is 0 Å². The third-order valence-electron chi connectivity index (χ3n) is 5.05. The minimum absolute atomic E-state index is 0.149. The highest BCUT2D eigenvalue weighted by Gasteiger charge is 2.43. The molecule has 108 valence electrons. The highest BCUT2D eigenvalue weighted by atomic mass is 16.5. The Morgan fingerprint density at radius 1 is 1.47 bits per heavy atom. The molecule has 3 fully saturated rings. The van der Waals surface area contributed by atoms with Gasteiger partial charge in [0, 0.05) is 31.2 Å². The molecule has 3 rings (SSSR count). The molecule has 19 heavy (non-hydrogen) atoms. The van der Waals surface area contributed by atoms with Gasteiger partial charge in [-0.15, -0.1) is 0 Å². The molecule has 0 bridgehead atoms. The van der Waals surface area contributed by atoms with Gasteiger partial charge in [-0.05, 0) is 31.6 Å². The van der Waals surface area contributed by atoms with Gasteiger partial charge in [-0.1, -0.05) is 19.8 Å². The molecule has 2 amide bonds. The maximum Gasteiger partial charge on any atom is 0.317 e. The van der Waals surface area contributed by atoms with Crippen LogP contribution in [-0.2, 0) is 4.74 Å². The Hall–Kier alpha value is -0.770. The maximum absolute atomic E-state index is 12.3. The van der Waals surface area contributed by atoms with E-state index in [-0.39, 0.29) is 11.4 Å². The second-order valence-electron chi connectivity index (χ2n) is 6.71. The van der Waals surface area contributed by atoms with Gasteiger partial charge < -0.3 is 15.0 Å². The van der Waals surface area contributed by atoms with E-state index in [9.17, 15) is 4.79 Å². The molecule has 1 spiro atoms. The number of nitrogens with one attached hydrogen (secondary N) is 1. The Balaban J connectivity index is 1.49. The molecule has 0 radical (unpaired) electrons. The Bertz CT molecular complexity index is 335. The molecule has 2 unspecified atom stereocenters. The van der Waals surface area contributed by atoms with Crippen molar-refractivity contribution in [3.8, 4) is 0 Å². The lowest BCUT2D eigenvalue weighted by Crippen LogP contribution is -2.44. The molecule has 4 nitrogen and oxygen atoms in total. The van der Waals surface area contributed by atoms with Crippen molar-refractivity contribution in [3.63, 3.8) is 0 Å². The Morgan fingerprint density at radius 3 is 2.95 bits per heavy atom. The van der Waals surface area contributed by atoms with Crippen LogP contribution < -0.4 is 5.32 Å². The van der Waals surface area contributed by atoms with Gasteiger partial charge in [0.15, 0.2) is 0 Å². The first-order valence-electron chi connectivity index (χ1n) is 7.84. The summed E-state index contributed by atoms with van der Waals surface area (Å²) in [7, 11) is 0. The highest BCUT2D eigenvalue weighted by molar-refractivity contribution is 5.75. The van der Waals surface area contributed by atoms with E-state index in [4.69, 9.17) is 4.74 Å². The number of carbonyl (C=O) groups is 1. The average molecular weight is 266 g/mol. The van der Waals surface area contributed by atoms with E-state index < -0.39 is 0 Å². The molecule has 1 aliphatic carbocycles. The number of amides is 2. The molecule has 4 heteroatoms. The van der Waals surface area contributed by atoms with Crippen LogP contribution in [0.4, 0.5) is 4.79 Å². The van der Waals surface area contributed by atoms with Crippen LogP contribution in [0, 0.1) is 11.3 Å². The first-order valence-corrected chi connectivity index (χ1v) is 7.84. The fourth-order valence-electron chi connectivity index (χ4n) is 3.43. The quantitative estimate of drug-likeness (QED) is 0.849. The summed E-state index contributed by atoms with van der Waals surface area (Å²) >= 11 is 0. The topological polar surface area (TPSA) is 41.6 Å². The average Bonchev–Trinajstić information content (AvgIpc) is 2.96. The lowest BCUT2D eigenvalue weighted by molar-refractivity contribution is 0.152. The number of carbonyl (C=O) groups excluding carboxylic acids is 1. The first kappa shape index (κ1) is 13.2. The summed E-state index contributed by atoms with van der Waals surface area (Å²) in [6.07, 6.45) is 7.16. The molecule has 0 aromatic carbocycles. The molecule has 2 heterocycles. The molecule has 3 aliphatic rings. The van der Waals surface area contributed by atoms with Crippen LogP contribution in [0.5, 0.6) is 0 Å². The second kappa shape index (κ2) is 5.31. The largest absolute Gasteiger partial charge is 0.381 e. The zero-order valence-corrected chi connectivity index (χ0v) is 12.0. The van der Waals surface area contributed by atoms with Crippen molar-refractivity contribution in [2.45, 2.75) is 51.5 Å². The van der Waals surface area contributed by atoms with Crippen molar-refractivity contribution in [3.05, 3.63) is 0 Å². The van der Waals surface area contributed by atoms with E-state index in [0.29, 0.717) is 6.04 Å². The van der Waals surface area contributed by atoms with Crippen molar-refractivity contribution in [1.82, 2.24) is 10.2 Å². The smallest absolute Gasteiger partial charge is 0.317 e. The lowest BCUT2D eigenvalue weighted by atomic mass is 9.87. The predicted molar refractivity (Wildman–Crippen MR) is 74.0 cm³/mol. The van der Waals surface area contributed by atoms with Crippen molar-refractivity contribution in [2.24, 2.45) is 11.3 Å². The van der Waals surface area contributed by atoms with Gasteiger partial charge in [-0.3, -0.25) is 0 Å². The summed E-state index contributed by atoms with van der Waals surface area (Å²) in [6.45, 7) is 5.67. The van der Waals surface area contributed by atoms with Crippen LogP contribution in [-0.4, -0.2) is 43.3 Å². The third kappa shape index (κ3) is 3.04. The number of likely N-dealkylation sites (tertiary alicyclic amines) is 1. The van der Waals surface area contributed by atoms with Gasteiger partial charge in [0.05, 0.1) is 6.61 Å². The normalized spacial score (nSPS) is 31.9. The number of rotatable bonds is 4. The SMILES string of the molecule is CCC(CC1CC1)NC(=O)N1CCC2(CCOC2)C1. The van der Waals surface area contributed by atoms with E-state index in [1.54, 1.807) is 0 Å². The molecular formula is C15H26N2O2. The van der Waals surface area contributed by atoms with Crippen molar-refractivity contribution >= 4 is 6.03 Å². The van der Waals surface area contributed by atoms with Gasteiger partial charge in [-0.2, -0.15) is 0 Å².